The van der Waals surface area contributed by atoms with E-state index < -0.39 is 23.1 Å². The van der Waals surface area contributed by atoms with E-state index in [-0.39, 0.29) is 12.5 Å². The van der Waals surface area contributed by atoms with E-state index in [0.717, 1.165) is 57.7 Å². The van der Waals surface area contributed by atoms with E-state index in [1.165, 1.54) is 12.1 Å². The zero-order chi connectivity index (χ0) is 30.8. The number of primary amides is 1. The minimum Gasteiger partial charge on any atom is -0.386 e. The highest BCUT2D eigenvalue weighted by Gasteiger charge is 2.39. The topological polar surface area (TPSA) is 70.4 Å². The molecule has 226 valence electrons. The number of benzene rings is 3. The molecule has 4 rings (SSSR count). The van der Waals surface area contributed by atoms with Crippen molar-refractivity contribution in [2.75, 3.05) is 30.8 Å². The van der Waals surface area contributed by atoms with Crippen LogP contribution < -0.4 is 16.4 Å². The molecule has 1 unspecified atom stereocenters. The molecule has 4 N–H and O–H groups in total. The van der Waals surface area contributed by atoms with Crippen molar-refractivity contribution in [3.63, 3.8) is 0 Å². The molecule has 0 aromatic heterocycles. The third kappa shape index (κ3) is 6.28. The molecule has 3 aromatic carbocycles. The van der Waals surface area contributed by atoms with Gasteiger partial charge < -0.3 is 16.4 Å². The lowest BCUT2D eigenvalue weighted by Crippen LogP contribution is -2.38. The molecule has 42 heavy (non-hydrogen) atoms. The molecule has 0 radical (unpaired) electrons. The third-order valence-corrected chi connectivity index (χ3v) is 8.77. The van der Waals surface area contributed by atoms with Crippen molar-refractivity contribution < 1.29 is 18.0 Å². The molecule has 1 heterocycles. The Kier molecular flexibility index (Phi) is 9.26. The molecule has 8 heteroatoms. The number of carbonyl (C=O) groups excluding carboxylic acids is 1. The number of carbonyl (C=O) groups is 1. The summed E-state index contributed by atoms with van der Waals surface area (Å²) < 4.78 is 41.7. The molecule has 0 saturated heterocycles. The predicted molar refractivity (Wildman–Crippen MR) is 165 cm³/mol. The van der Waals surface area contributed by atoms with Crippen LogP contribution in [0.1, 0.15) is 77.6 Å². The van der Waals surface area contributed by atoms with Crippen molar-refractivity contribution in [1.29, 1.82) is 0 Å². The predicted octanol–water partition coefficient (Wildman–Crippen LogP) is 7.39. The van der Waals surface area contributed by atoms with Crippen LogP contribution in [0.25, 0.3) is 0 Å². The highest BCUT2D eigenvalue weighted by Crippen LogP contribution is 2.45. The average Bonchev–Trinajstić information content (AvgIpc) is 3.13. The quantitative estimate of drug-likeness (QED) is 0.247. The molecule has 0 bridgehead atoms. The molecule has 0 aliphatic carbocycles. The van der Waals surface area contributed by atoms with Gasteiger partial charge in [-0.3, -0.25) is 9.69 Å². The number of anilines is 2. The Bertz CT molecular complexity index is 1450. The summed E-state index contributed by atoms with van der Waals surface area (Å²) in [6, 6.07) is 14.8. The molecule has 1 aliphatic heterocycles. The SMILES string of the molecule is CCNc1ccc(C(c2ccc(C)c(CN3CCCc4cccc(C(F)(F)F)c4C3)c2)C(C)(C)C(N)=O)c(C)c1NC. The van der Waals surface area contributed by atoms with Crippen LogP contribution in [-0.2, 0) is 30.5 Å². The van der Waals surface area contributed by atoms with Gasteiger partial charge in [-0.05, 0) is 91.2 Å². The maximum Gasteiger partial charge on any atom is 0.416 e. The number of amides is 1. The van der Waals surface area contributed by atoms with Crippen molar-refractivity contribution in [2.24, 2.45) is 11.1 Å². The summed E-state index contributed by atoms with van der Waals surface area (Å²) in [5.41, 5.74) is 12.7. The van der Waals surface area contributed by atoms with Crippen molar-refractivity contribution in [1.82, 2.24) is 4.90 Å². The summed E-state index contributed by atoms with van der Waals surface area (Å²) in [6.07, 6.45) is -2.98. The van der Waals surface area contributed by atoms with Crippen molar-refractivity contribution >= 4 is 17.3 Å². The number of rotatable bonds is 9. The Labute approximate surface area is 247 Å². The largest absolute Gasteiger partial charge is 0.416 e. The summed E-state index contributed by atoms with van der Waals surface area (Å²) in [7, 11) is 1.88. The van der Waals surface area contributed by atoms with Gasteiger partial charge in [0.2, 0.25) is 5.91 Å². The number of nitrogens with one attached hydrogen (secondary N) is 2. The Hall–Kier alpha value is -3.52. The monoisotopic (exact) mass is 580 g/mol. The Morgan fingerprint density at radius 3 is 2.48 bits per heavy atom. The first-order valence-electron chi connectivity index (χ1n) is 14.6. The smallest absolute Gasteiger partial charge is 0.386 e. The van der Waals surface area contributed by atoms with E-state index in [9.17, 15) is 18.0 Å². The van der Waals surface area contributed by atoms with Crippen LogP contribution in [0.15, 0.2) is 48.5 Å². The van der Waals surface area contributed by atoms with Gasteiger partial charge in [0.25, 0.3) is 0 Å². The van der Waals surface area contributed by atoms with E-state index >= 15 is 0 Å². The number of fused-ring (bicyclic) bond motifs is 1. The van der Waals surface area contributed by atoms with Crippen LogP contribution in [0.3, 0.4) is 0 Å². The van der Waals surface area contributed by atoms with Gasteiger partial charge in [-0.25, -0.2) is 0 Å². The van der Waals surface area contributed by atoms with Gasteiger partial charge in [0.05, 0.1) is 22.4 Å². The Morgan fingerprint density at radius 1 is 1.10 bits per heavy atom. The van der Waals surface area contributed by atoms with Crippen molar-refractivity contribution in [2.45, 2.75) is 72.6 Å². The van der Waals surface area contributed by atoms with Crippen LogP contribution >= 0.6 is 0 Å². The number of halogens is 3. The molecule has 0 spiro atoms. The number of alkyl halides is 3. The Morgan fingerprint density at radius 2 is 1.83 bits per heavy atom. The number of aryl methyl sites for hydroxylation is 2. The second-order valence-electron chi connectivity index (χ2n) is 11.9. The summed E-state index contributed by atoms with van der Waals surface area (Å²) >= 11 is 0. The summed E-state index contributed by atoms with van der Waals surface area (Å²) in [5.74, 6) is -0.738. The first kappa shape index (κ1) is 31.4. The van der Waals surface area contributed by atoms with Gasteiger partial charge >= 0.3 is 6.18 Å². The average molecular weight is 581 g/mol. The molecule has 1 amide bonds. The van der Waals surface area contributed by atoms with Gasteiger partial charge in [-0.15, -0.1) is 0 Å². The van der Waals surface area contributed by atoms with Crippen LogP contribution in [0.4, 0.5) is 24.5 Å². The molecule has 3 aromatic rings. The van der Waals surface area contributed by atoms with Crippen molar-refractivity contribution in [3.05, 3.63) is 93.0 Å². The standard InChI is InChI=1S/C34H43F3N4O/c1-7-40-29-16-15-26(22(3)31(29)39-6)30(33(4,5)32(38)42)24-14-13-21(2)25(18-24)19-41-17-9-11-23-10-8-12-28(27(23)20-41)34(35,36)37/h8,10,12-16,18,30,39-40H,7,9,11,17,19-20H2,1-6H3,(H2,38,42). The maximum atomic E-state index is 13.9. The van der Waals surface area contributed by atoms with Crippen LogP contribution in [0, 0.1) is 19.3 Å². The molecule has 0 fully saturated rings. The fourth-order valence-corrected chi connectivity index (χ4v) is 6.36. The van der Waals surface area contributed by atoms with Gasteiger partial charge in [-0.1, -0.05) is 50.2 Å². The third-order valence-electron chi connectivity index (χ3n) is 8.77. The summed E-state index contributed by atoms with van der Waals surface area (Å²) in [5, 5.41) is 6.71. The molecule has 0 saturated carbocycles. The number of hydrogen-bond donors (Lipinski definition) is 3. The fourth-order valence-electron chi connectivity index (χ4n) is 6.36. The van der Waals surface area contributed by atoms with Crippen molar-refractivity contribution in [3.8, 4) is 0 Å². The van der Waals surface area contributed by atoms with Gasteiger partial charge in [0.1, 0.15) is 0 Å². The van der Waals surface area contributed by atoms with Crippen LogP contribution in [0.5, 0.6) is 0 Å². The second kappa shape index (κ2) is 12.4. The highest BCUT2D eigenvalue weighted by atomic mass is 19.4. The Balaban J connectivity index is 1.77. The first-order valence-corrected chi connectivity index (χ1v) is 14.6. The zero-order valence-electron chi connectivity index (χ0n) is 25.5. The lowest BCUT2D eigenvalue weighted by atomic mass is 9.69. The number of nitrogens with two attached hydrogens (primary N) is 1. The highest BCUT2D eigenvalue weighted by molar-refractivity contribution is 5.83. The normalized spacial score (nSPS) is 15.1. The van der Waals surface area contributed by atoms with Crippen LogP contribution in [0.2, 0.25) is 0 Å². The minimum atomic E-state index is -4.39. The zero-order valence-corrected chi connectivity index (χ0v) is 25.5. The summed E-state index contributed by atoms with van der Waals surface area (Å²) in [4.78, 5) is 15.0. The first-order chi connectivity index (χ1) is 19.8. The lowest BCUT2D eigenvalue weighted by molar-refractivity contribution is -0.138. The van der Waals surface area contributed by atoms with E-state index in [4.69, 9.17) is 5.73 Å². The molecule has 5 nitrogen and oxygen atoms in total. The van der Waals surface area contributed by atoms with Crippen LogP contribution in [-0.4, -0.2) is 30.9 Å². The van der Waals surface area contributed by atoms with E-state index in [2.05, 4.69) is 27.7 Å². The number of hydrogen-bond acceptors (Lipinski definition) is 4. The summed E-state index contributed by atoms with van der Waals surface area (Å²) in [6.45, 7) is 12.1. The van der Waals surface area contributed by atoms with Gasteiger partial charge in [0, 0.05) is 32.6 Å². The van der Waals surface area contributed by atoms with Gasteiger partial charge in [0.15, 0.2) is 0 Å². The minimum absolute atomic E-state index is 0.238. The molecular weight excluding hydrogens is 537 g/mol. The van der Waals surface area contributed by atoms with E-state index in [1.807, 2.05) is 65.9 Å². The second-order valence-corrected chi connectivity index (χ2v) is 11.9. The lowest BCUT2D eigenvalue weighted by Gasteiger charge is -2.35. The fraction of sp³-hybridized carbons (Fsp3) is 0.441. The van der Waals surface area contributed by atoms with E-state index in [0.29, 0.717) is 25.1 Å². The number of nitrogens with zero attached hydrogens (tertiary/aromatic N) is 1. The maximum absolute atomic E-state index is 13.9. The molecule has 1 atom stereocenters. The molecule has 1 aliphatic rings. The van der Waals surface area contributed by atoms with E-state index in [1.54, 1.807) is 0 Å². The molecular formula is C34H43F3N4O. The van der Waals surface area contributed by atoms with Gasteiger partial charge in [-0.2, -0.15) is 13.2 Å².